The number of halogens is 1. The molecule has 1 fully saturated rings. The van der Waals surface area contributed by atoms with Crippen LogP contribution in [0.15, 0.2) is 54.6 Å². The standard InChI is InChI=1S/C22H21FN2/c23-22-9-6-17(12-18(22)10-11-24)19-13-20-7-8-21(14-19)25(20)15-16-4-2-1-3-5-16/h1-6,9,12-13,20-21H,7-8,10,14-15H2. The van der Waals surface area contributed by atoms with E-state index >= 15 is 0 Å². The summed E-state index contributed by atoms with van der Waals surface area (Å²) >= 11 is 0. The van der Waals surface area contributed by atoms with E-state index in [1.165, 1.54) is 30.0 Å². The van der Waals surface area contributed by atoms with Crippen molar-refractivity contribution in [2.45, 2.75) is 44.3 Å². The zero-order valence-electron chi connectivity index (χ0n) is 14.2. The number of rotatable bonds is 4. The molecule has 0 radical (unpaired) electrons. The van der Waals surface area contributed by atoms with Crippen LogP contribution in [0.25, 0.3) is 5.57 Å². The molecule has 2 aliphatic rings. The first-order valence-corrected chi connectivity index (χ1v) is 8.90. The van der Waals surface area contributed by atoms with Crippen LogP contribution in [0.3, 0.4) is 0 Å². The van der Waals surface area contributed by atoms with Gasteiger partial charge in [-0.2, -0.15) is 5.26 Å². The molecule has 0 N–H and O–H groups in total. The quantitative estimate of drug-likeness (QED) is 0.810. The lowest BCUT2D eigenvalue weighted by Crippen LogP contribution is -2.37. The van der Waals surface area contributed by atoms with Gasteiger partial charge >= 0.3 is 0 Å². The highest BCUT2D eigenvalue weighted by atomic mass is 19.1. The summed E-state index contributed by atoms with van der Waals surface area (Å²) in [6.07, 6.45) is 5.88. The SMILES string of the molecule is N#CCc1cc(C2=CC3CCC(C2)N3Cc2ccccc2)ccc1F. The van der Waals surface area contributed by atoms with Gasteiger partial charge in [-0.15, -0.1) is 0 Å². The van der Waals surface area contributed by atoms with Gasteiger partial charge in [-0.25, -0.2) is 4.39 Å². The Bertz CT molecular complexity index is 835. The average Bonchev–Trinajstić information content (AvgIpc) is 2.86. The molecule has 2 aromatic rings. The Morgan fingerprint density at radius 3 is 2.72 bits per heavy atom. The predicted octanol–water partition coefficient (Wildman–Crippen LogP) is 4.71. The smallest absolute Gasteiger partial charge is 0.127 e. The van der Waals surface area contributed by atoms with Crippen molar-refractivity contribution >= 4 is 5.57 Å². The zero-order chi connectivity index (χ0) is 17.2. The van der Waals surface area contributed by atoms with Gasteiger partial charge in [0, 0.05) is 24.2 Å². The minimum absolute atomic E-state index is 0.125. The third-order valence-corrected chi connectivity index (χ3v) is 5.43. The Morgan fingerprint density at radius 2 is 1.96 bits per heavy atom. The molecule has 3 heteroatoms. The van der Waals surface area contributed by atoms with Crippen LogP contribution >= 0.6 is 0 Å². The van der Waals surface area contributed by atoms with E-state index in [0.717, 1.165) is 18.5 Å². The summed E-state index contributed by atoms with van der Waals surface area (Å²) in [5.41, 5.74) is 4.23. The van der Waals surface area contributed by atoms with Gasteiger partial charge in [-0.1, -0.05) is 42.5 Å². The Hall–Kier alpha value is -2.44. The molecular weight excluding hydrogens is 311 g/mol. The molecule has 0 spiro atoms. The molecule has 4 rings (SSSR count). The third-order valence-electron chi connectivity index (χ3n) is 5.43. The van der Waals surface area contributed by atoms with Gasteiger partial charge in [0.15, 0.2) is 0 Å². The largest absolute Gasteiger partial charge is 0.289 e. The Balaban J connectivity index is 1.57. The number of hydrogen-bond acceptors (Lipinski definition) is 2. The highest BCUT2D eigenvalue weighted by molar-refractivity contribution is 5.68. The minimum atomic E-state index is -0.282. The van der Waals surface area contributed by atoms with Crippen LogP contribution in [0.5, 0.6) is 0 Å². The summed E-state index contributed by atoms with van der Waals surface area (Å²) in [7, 11) is 0. The first kappa shape index (κ1) is 16.1. The Morgan fingerprint density at radius 1 is 1.12 bits per heavy atom. The predicted molar refractivity (Wildman–Crippen MR) is 97.1 cm³/mol. The molecule has 0 aromatic heterocycles. The summed E-state index contributed by atoms with van der Waals surface area (Å²) in [6.45, 7) is 0.989. The lowest BCUT2D eigenvalue weighted by Gasteiger charge is -2.34. The van der Waals surface area contributed by atoms with Gasteiger partial charge < -0.3 is 0 Å². The van der Waals surface area contributed by atoms with Gasteiger partial charge in [0.05, 0.1) is 12.5 Å². The second-order valence-corrected chi connectivity index (χ2v) is 6.99. The van der Waals surface area contributed by atoms with Crippen LogP contribution in [0.4, 0.5) is 4.39 Å². The highest BCUT2D eigenvalue weighted by Crippen LogP contribution is 2.39. The van der Waals surface area contributed by atoms with Crippen molar-refractivity contribution in [3.63, 3.8) is 0 Å². The molecule has 2 unspecified atom stereocenters. The van der Waals surface area contributed by atoms with Crippen molar-refractivity contribution in [1.29, 1.82) is 5.26 Å². The van der Waals surface area contributed by atoms with Gasteiger partial charge in [0.25, 0.3) is 0 Å². The van der Waals surface area contributed by atoms with Crippen molar-refractivity contribution in [3.05, 3.63) is 77.1 Å². The summed E-state index contributed by atoms with van der Waals surface area (Å²) in [4.78, 5) is 2.60. The maximum absolute atomic E-state index is 13.8. The van der Waals surface area contributed by atoms with Crippen molar-refractivity contribution < 1.29 is 4.39 Å². The molecule has 0 amide bonds. The summed E-state index contributed by atoms with van der Waals surface area (Å²) < 4.78 is 13.8. The topological polar surface area (TPSA) is 27.0 Å². The zero-order valence-corrected chi connectivity index (χ0v) is 14.2. The van der Waals surface area contributed by atoms with Gasteiger partial charge in [0.1, 0.15) is 5.82 Å². The van der Waals surface area contributed by atoms with E-state index in [1.807, 2.05) is 12.1 Å². The summed E-state index contributed by atoms with van der Waals surface area (Å²) in [6, 6.07) is 18.9. The van der Waals surface area contributed by atoms with E-state index in [1.54, 1.807) is 0 Å². The molecule has 2 aromatic carbocycles. The van der Waals surface area contributed by atoms with Gasteiger partial charge in [-0.3, -0.25) is 4.90 Å². The van der Waals surface area contributed by atoms with Crippen LogP contribution in [0.2, 0.25) is 0 Å². The Kier molecular flexibility index (Phi) is 4.38. The van der Waals surface area contributed by atoms with E-state index in [0.29, 0.717) is 17.6 Å². The van der Waals surface area contributed by atoms with Crippen molar-refractivity contribution in [1.82, 2.24) is 4.90 Å². The normalized spacial score (nSPS) is 22.5. The van der Waals surface area contributed by atoms with Crippen LogP contribution in [0, 0.1) is 17.1 Å². The van der Waals surface area contributed by atoms with E-state index in [4.69, 9.17) is 5.26 Å². The maximum Gasteiger partial charge on any atom is 0.127 e. The van der Waals surface area contributed by atoms with Gasteiger partial charge in [0.2, 0.25) is 0 Å². The molecule has 2 aliphatic heterocycles. The van der Waals surface area contributed by atoms with E-state index in [2.05, 4.69) is 47.4 Å². The summed E-state index contributed by atoms with van der Waals surface area (Å²) in [5.74, 6) is -0.282. The molecule has 2 heterocycles. The monoisotopic (exact) mass is 332 g/mol. The number of fused-ring (bicyclic) bond motifs is 2. The second kappa shape index (κ2) is 6.82. The molecular formula is C22H21FN2. The first-order valence-electron chi connectivity index (χ1n) is 8.90. The molecule has 0 saturated carbocycles. The second-order valence-electron chi connectivity index (χ2n) is 6.99. The molecule has 0 aliphatic carbocycles. The molecule has 25 heavy (non-hydrogen) atoms. The number of benzene rings is 2. The fraction of sp³-hybridized carbons (Fsp3) is 0.318. The number of nitrogens with zero attached hydrogens (tertiary/aromatic N) is 2. The molecule has 2 nitrogen and oxygen atoms in total. The van der Waals surface area contributed by atoms with Crippen LogP contribution in [0.1, 0.15) is 36.0 Å². The van der Waals surface area contributed by atoms with E-state index in [9.17, 15) is 4.39 Å². The van der Waals surface area contributed by atoms with Gasteiger partial charge in [-0.05, 0) is 48.1 Å². The van der Waals surface area contributed by atoms with Crippen LogP contribution < -0.4 is 0 Å². The number of nitriles is 1. The first-order chi connectivity index (χ1) is 12.2. The summed E-state index contributed by atoms with van der Waals surface area (Å²) in [5, 5.41) is 8.88. The van der Waals surface area contributed by atoms with Crippen molar-refractivity contribution in [3.8, 4) is 6.07 Å². The Labute approximate surface area is 148 Å². The van der Waals surface area contributed by atoms with Crippen molar-refractivity contribution in [2.24, 2.45) is 0 Å². The van der Waals surface area contributed by atoms with E-state index in [-0.39, 0.29) is 12.2 Å². The lowest BCUT2D eigenvalue weighted by molar-refractivity contribution is 0.203. The molecule has 1 saturated heterocycles. The van der Waals surface area contributed by atoms with Crippen LogP contribution in [-0.2, 0) is 13.0 Å². The molecule has 2 atom stereocenters. The highest BCUT2D eigenvalue weighted by Gasteiger charge is 2.36. The van der Waals surface area contributed by atoms with Crippen LogP contribution in [-0.4, -0.2) is 17.0 Å². The fourth-order valence-corrected chi connectivity index (χ4v) is 4.17. The minimum Gasteiger partial charge on any atom is -0.289 e. The maximum atomic E-state index is 13.8. The van der Waals surface area contributed by atoms with E-state index < -0.39 is 0 Å². The third kappa shape index (κ3) is 3.23. The lowest BCUT2D eigenvalue weighted by atomic mass is 9.93. The average molecular weight is 332 g/mol. The molecule has 126 valence electrons. The fourth-order valence-electron chi connectivity index (χ4n) is 4.17. The molecule has 2 bridgehead atoms. The number of hydrogen-bond donors (Lipinski definition) is 0. The van der Waals surface area contributed by atoms with Crippen molar-refractivity contribution in [2.75, 3.05) is 0 Å².